The summed E-state index contributed by atoms with van der Waals surface area (Å²) in [6.07, 6.45) is 0.656. The van der Waals surface area contributed by atoms with E-state index in [2.05, 4.69) is 10.4 Å². The predicted molar refractivity (Wildman–Crippen MR) is 105 cm³/mol. The van der Waals surface area contributed by atoms with Gasteiger partial charge in [-0.15, -0.1) is 0 Å². The lowest BCUT2D eigenvalue weighted by molar-refractivity contribution is -0.118. The Labute approximate surface area is 164 Å². The Hall–Kier alpha value is -2.68. The maximum absolute atomic E-state index is 12.9. The molecule has 9 heteroatoms. The molecule has 8 nitrogen and oxygen atoms in total. The van der Waals surface area contributed by atoms with E-state index in [1.54, 1.807) is 22.7 Å². The van der Waals surface area contributed by atoms with Gasteiger partial charge in [-0.25, -0.2) is 8.42 Å². The van der Waals surface area contributed by atoms with E-state index in [9.17, 15) is 18.0 Å². The Morgan fingerprint density at radius 1 is 1.18 bits per heavy atom. The van der Waals surface area contributed by atoms with Crippen LogP contribution in [-0.2, 0) is 21.7 Å². The van der Waals surface area contributed by atoms with Crippen molar-refractivity contribution in [3.63, 3.8) is 0 Å². The summed E-state index contributed by atoms with van der Waals surface area (Å²) in [6, 6.07) is 11.4. The first-order valence-corrected chi connectivity index (χ1v) is 10.8. The number of benzene rings is 1. The zero-order valence-corrected chi connectivity index (χ0v) is 16.8. The average molecular weight is 404 g/mol. The molecule has 28 heavy (non-hydrogen) atoms. The molecule has 2 aromatic rings. The predicted octanol–water partition coefficient (Wildman–Crippen LogP) is 0.853. The minimum absolute atomic E-state index is 0.167. The number of carbonyl (C=O) groups is 2. The molecule has 0 spiro atoms. The van der Waals surface area contributed by atoms with Crippen LogP contribution in [0, 0.1) is 0 Å². The maximum atomic E-state index is 12.9. The highest BCUT2D eigenvalue weighted by Crippen LogP contribution is 2.23. The molecule has 1 aromatic carbocycles. The normalized spacial score (nSPS) is 15.4. The van der Waals surface area contributed by atoms with E-state index in [1.165, 1.54) is 7.05 Å². The first kappa shape index (κ1) is 20.1. The van der Waals surface area contributed by atoms with Gasteiger partial charge in [0.15, 0.2) is 9.84 Å². The van der Waals surface area contributed by atoms with Gasteiger partial charge in [-0.05, 0) is 18.9 Å². The van der Waals surface area contributed by atoms with Crippen molar-refractivity contribution in [3.8, 4) is 11.3 Å². The van der Waals surface area contributed by atoms with Gasteiger partial charge in [-0.1, -0.05) is 30.3 Å². The summed E-state index contributed by atoms with van der Waals surface area (Å²) in [5.74, 6) is -1.19. The number of nitrogens with one attached hydrogen (secondary N) is 1. The molecule has 2 heterocycles. The van der Waals surface area contributed by atoms with Crippen LogP contribution in [0.2, 0.25) is 0 Å². The van der Waals surface area contributed by atoms with Crippen LogP contribution in [-0.4, -0.2) is 66.1 Å². The number of piperidine rings is 1. The van der Waals surface area contributed by atoms with E-state index in [0.29, 0.717) is 31.6 Å². The van der Waals surface area contributed by atoms with E-state index in [0.717, 1.165) is 11.3 Å². The van der Waals surface area contributed by atoms with Crippen molar-refractivity contribution in [2.24, 2.45) is 7.05 Å². The summed E-state index contributed by atoms with van der Waals surface area (Å²) in [7, 11) is -0.380. The monoisotopic (exact) mass is 404 g/mol. The van der Waals surface area contributed by atoms with Crippen LogP contribution >= 0.6 is 0 Å². The van der Waals surface area contributed by atoms with Crippen LogP contribution < -0.4 is 5.32 Å². The van der Waals surface area contributed by atoms with Crippen LogP contribution in [0.1, 0.15) is 23.3 Å². The van der Waals surface area contributed by atoms with Crippen molar-refractivity contribution in [1.29, 1.82) is 0 Å². The Morgan fingerprint density at radius 3 is 2.43 bits per heavy atom. The second kappa shape index (κ2) is 8.14. The smallest absolute Gasteiger partial charge is 0.272 e. The highest BCUT2D eigenvalue weighted by molar-refractivity contribution is 7.92. The lowest BCUT2D eigenvalue weighted by Crippen LogP contribution is -2.44. The molecule has 0 aliphatic carbocycles. The number of rotatable bonds is 5. The van der Waals surface area contributed by atoms with E-state index >= 15 is 0 Å². The Kier molecular flexibility index (Phi) is 5.83. The highest BCUT2D eigenvalue weighted by atomic mass is 32.2. The van der Waals surface area contributed by atoms with Gasteiger partial charge < -0.3 is 10.2 Å². The van der Waals surface area contributed by atoms with E-state index in [4.69, 9.17) is 0 Å². The molecule has 0 unspecified atom stereocenters. The maximum Gasteiger partial charge on any atom is 0.272 e. The summed E-state index contributed by atoms with van der Waals surface area (Å²) >= 11 is 0. The third-order valence-electron chi connectivity index (χ3n) is 5.02. The Bertz CT molecular complexity index is 961. The summed E-state index contributed by atoms with van der Waals surface area (Å²) < 4.78 is 26.2. The third kappa shape index (κ3) is 4.24. The average Bonchev–Trinajstić information content (AvgIpc) is 3.09. The lowest BCUT2D eigenvalue weighted by atomic mass is 10.1. The Morgan fingerprint density at radius 2 is 1.82 bits per heavy atom. The molecule has 0 atom stereocenters. The molecule has 2 amide bonds. The number of nitrogens with zero attached hydrogens (tertiary/aromatic N) is 3. The molecule has 1 aromatic heterocycles. The molecule has 3 rings (SSSR count). The first-order valence-electron chi connectivity index (χ1n) is 9.12. The highest BCUT2D eigenvalue weighted by Gasteiger charge is 2.33. The minimum Gasteiger partial charge on any atom is -0.358 e. The van der Waals surface area contributed by atoms with Crippen molar-refractivity contribution in [1.82, 2.24) is 20.0 Å². The number of aryl methyl sites for hydroxylation is 1. The van der Waals surface area contributed by atoms with Crippen molar-refractivity contribution >= 4 is 21.7 Å². The summed E-state index contributed by atoms with van der Waals surface area (Å²) in [6.45, 7) is 0.671. The molecular weight excluding hydrogens is 380 g/mol. The molecular formula is C19H24N4O4S. The van der Waals surface area contributed by atoms with Gasteiger partial charge in [-0.3, -0.25) is 14.3 Å². The fourth-order valence-corrected chi connectivity index (χ4v) is 5.04. The number of aromatic nitrogens is 2. The largest absolute Gasteiger partial charge is 0.358 e. The van der Waals surface area contributed by atoms with E-state index in [-0.39, 0.29) is 5.91 Å². The van der Waals surface area contributed by atoms with Crippen LogP contribution in [0.5, 0.6) is 0 Å². The van der Waals surface area contributed by atoms with Gasteiger partial charge in [0.05, 0.1) is 10.9 Å². The van der Waals surface area contributed by atoms with Crippen molar-refractivity contribution < 1.29 is 18.0 Å². The molecule has 0 bridgehead atoms. The molecule has 1 aliphatic rings. The SMILES string of the molecule is CNC(=O)CS(=O)(=O)C1CCN(C(=O)c2cc(-c3ccccc3)nn2C)CC1. The third-order valence-corrected chi connectivity index (χ3v) is 7.17. The van der Waals surface area contributed by atoms with Crippen molar-refractivity contribution in [2.45, 2.75) is 18.1 Å². The van der Waals surface area contributed by atoms with Crippen LogP contribution in [0.3, 0.4) is 0 Å². The Balaban J connectivity index is 1.68. The van der Waals surface area contributed by atoms with Gasteiger partial charge in [0.25, 0.3) is 5.91 Å². The molecule has 0 saturated carbocycles. The van der Waals surface area contributed by atoms with E-state index < -0.39 is 26.7 Å². The van der Waals surface area contributed by atoms with Crippen LogP contribution in [0.25, 0.3) is 11.3 Å². The molecule has 0 radical (unpaired) electrons. The van der Waals surface area contributed by atoms with Crippen molar-refractivity contribution in [2.75, 3.05) is 25.9 Å². The van der Waals surface area contributed by atoms with Crippen LogP contribution in [0.15, 0.2) is 36.4 Å². The molecule has 1 N–H and O–H groups in total. The van der Waals surface area contributed by atoms with Gasteiger partial charge in [0.2, 0.25) is 5.91 Å². The van der Waals surface area contributed by atoms with Gasteiger partial charge in [0, 0.05) is 32.7 Å². The molecule has 1 fully saturated rings. The number of hydrogen-bond donors (Lipinski definition) is 1. The van der Waals surface area contributed by atoms with Crippen molar-refractivity contribution in [3.05, 3.63) is 42.1 Å². The summed E-state index contributed by atoms with van der Waals surface area (Å²) in [4.78, 5) is 26.0. The zero-order chi connectivity index (χ0) is 20.3. The summed E-state index contributed by atoms with van der Waals surface area (Å²) in [5.41, 5.74) is 2.11. The number of likely N-dealkylation sites (tertiary alicyclic amines) is 1. The van der Waals surface area contributed by atoms with Gasteiger partial charge in [0.1, 0.15) is 11.4 Å². The second-order valence-corrected chi connectivity index (χ2v) is 9.16. The fraction of sp³-hybridized carbons (Fsp3) is 0.421. The number of amides is 2. The van der Waals surface area contributed by atoms with Gasteiger partial charge in [-0.2, -0.15) is 5.10 Å². The molecule has 1 aliphatic heterocycles. The molecule has 1 saturated heterocycles. The standard InChI is InChI=1S/C19H24N4O4S/c1-20-18(24)13-28(26,27)15-8-10-23(11-9-15)19(25)17-12-16(21-22(17)2)14-6-4-3-5-7-14/h3-7,12,15H,8-11,13H2,1-2H3,(H,20,24). The van der Waals surface area contributed by atoms with Gasteiger partial charge >= 0.3 is 0 Å². The fourth-order valence-electron chi connectivity index (χ4n) is 3.37. The quantitative estimate of drug-likeness (QED) is 0.796. The lowest BCUT2D eigenvalue weighted by Gasteiger charge is -2.31. The topological polar surface area (TPSA) is 101 Å². The van der Waals surface area contributed by atoms with Crippen LogP contribution in [0.4, 0.5) is 0 Å². The number of hydrogen-bond acceptors (Lipinski definition) is 5. The zero-order valence-electron chi connectivity index (χ0n) is 16.0. The number of sulfone groups is 1. The number of carbonyl (C=O) groups excluding carboxylic acids is 2. The summed E-state index contributed by atoms with van der Waals surface area (Å²) in [5, 5.41) is 6.16. The van der Waals surface area contributed by atoms with E-state index in [1.807, 2.05) is 30.3 Å². The minimum atomic E-state index is -3.52. The molecule has 150 valence electrons. The first-order chi connectivity index (χ1) is 13.3. The second-order valence-electron chi connectivity index (χ2n) is 6.88.